The molecule has 0 bridgehead atoms. The van der Waals surface area contributed by atoms with Gasteiger partial charge in [0.15, 0.2) is 5.78 Å². The minimum Gasteiger partial charge on any atom is -0.294 e. The van der Waals surface area contributed by atoms with E-state index in [9.17, 15) is 4.79 Å². The van der Waals surface area contributed by atoms with Gasteiger partial charge >= 0.3 is 0 Å². The van der Waals surface area contributed by atoms with Gasteiger partial charge in [-0.05, 0) is 25.8 Å². The number of carbonyl (C=O) groups excluding carboxylic acids is 1. The Bertz CT molecular complexity index is 308. The number of ketones is 1. The molecule has 1 aromatic rings. The quantitative estimate of drug-likeness (QED) is 0.652. The maximum absolute atomic E-state index is 12.1. The Balaban J connectivity index is 2.71. The standard InChI is InChI=1S/C13H20OS/c1-4-6-11(7-5-2)13(14)12-8-10(3)15-9-12/h8-9,11H,4-7H2,1-3H3. The van der Waals surface area contributed by atoms with Gasteiger partial charge in [0.25, 0.3) is 0 Å². The van der Waals surface area contributed by atoms with Crippen molar-refractivity contribution in [1.29, 1.82) is 0 Å². The lowest BCUT2D eigenvalue weighted by Gasteiger charge is -2.12. The Morgan fingerprint density at radius 1 is 1.33 bits per heavy atom. The minimum absolute atomic E-state index is 0.244. The van der Waals surface area contributed by atoms with Crippen molar-refractivity contribution in [3.05, 3.63) is 21.9 Å². The van der Waals surface area contributed by atoms with Crippen LogP contribution in [0.5, 0.6) is 0 Å². The van der Waals surface area contributed by atoms with Crippen LogP contribution in [0.4, 0.5) is 0 Å². The number of carbonyl (C=O) groups is 1. The van der Waals surface area contributed by atoms with Gasteiger partial charge in [-0.25, -0.2) is 0 Å². The molecule has 0 spiro atoms. The second kappa shape index (κ2) is 6.06. The third kappa shape index (κ3) is 3.45. The predicted molar refractivity (Wildman–Crippen MR) is 66.7 cm³/mol. The third-order valence-corrected chi connectivity index (χ3v) is 3.52. The molecule has 1 heterocycles. The first kappa shape index (κ1) is 12.4. The molecule has 0 aromatic carbocycles. The maximum Gasteiger partial charge on any atom is 0.166 e. The van der Waals surface area contributed by atoms with Crippen LogP contribution in [-0.2, 0) is 0 Å². The fraction of sp³-hybridized carbons (Fsp3) is 0.615. The highest BCUT2D eigenvalue weighted by Gasteiger charge is 2.18. The minimum atomic E-state index is 0.244. The number of hydrogen-bond donors (Lipinski definition) is 0. The van der Waals surface area contributed by atoms with Gasteiger partial charge in [0.2, 0.25) is 0 Å². The van der Waals surface area contributed by atoms with Crippen molar-refractivity contribution in [2.24, 2.45) is 5.92 Å². The summed E-state index contributed by atoms with van der Waals surface area (Å²) in [4.78, 5) is 13.4. The van der Waals surface area contributed by atoms with Gasteiger partial charge in [0, 0.05) is 21.7 Å². The van der Waals surface area contributed by atoms with E-state index in [1.807, 2.05) is 11.4 Å². The van der Waals surface area contributed by atoms with Crippen molar-refractivity contribution >= 4 is 17.1 Å². The summed E-state index contributed by atoms with van der Waals surface area (Å²) in [5.41, 5.74) is 0.921. The van der Waals surface area contributed by atoms with Crippen LogP contribution in [-0.4, -0.2) is 5.78 Å². The SMILES string of the molecule is CCCC(CCC)C(=O)c1csc(C)c1. The van der Waals surface area contributed by atoms with Crippen LogP contribution >= 0.6 is 11.3 Å². The molecule has 0 saturated heterocycles. The highest BCUT2D eigenvalue weighted by Crippen LogP contribution is 2.22. The average molecular weight is 224 g/mol. The smallest absolute Gasteiger partial charge is 0.166 e. The molecule has 0 unspecified atom stereocenters. The number of Topliss-reactive ketones (excluding diaryl/α,β-unsaturated/α-hetero) is 1. The van der Waals surface area contributed by atoms with E-state index >= 15 is 0 Å². The normalized spacial score (nSPS) is 10.9. The third-order valence-electron chi connectivity index (χ3n) is 2.66. The molecule has 0 fully saturated rings. The van der Waals surface area contributed by atoms with Crippen LogP contribution in [0, 0.1) is 12.8 Å². The summed E-state index contributed by atoms with van der Waals surface area (Å²) in [6.07, 6.45) is 4.25. The zero-order chi connectivity index (χ0) is 11.3. The molecule has 0 aliphatic heterocycles. The van der Waals surface area contributed by atoms with Gasteiger partial charge in [-0.1, -0.05) is 26.7 Å². The molecular weight excluding hydrogens is 204 g/mol. The molecule has 0 atom stereocenters. The monoisotopic (exact) mass is 224 g/mol. The van der Waals surface area contributed by atoms with E-state index < -0.39 is 0 Å². The molecule has 0 saturated carbocycles. The highest BCUT2D eigenvalue weighted by molar-refractivity contribution is 7.10. The summed E-state index contributed by atoms with van der Waals surface area (Å²) in [6, 6.07) is 2.02. The average Bonchev–Trinajstić information content (AvgIpc) is 2.63. The number of rotatable bonds is 6. The first-order valence-corrected chi connectivity index (χ1v) is 6.66. The zero-order valence-corrected chi connectivity index (χ0v) is 10.7. The zero-order valence-electron chi connectivity index (χ0n) is 9.88. The summed E-state index contributed by atoms with van der Waals surface area (Å²) < 4.78 is 0. The fourth-order valence-corrected chi connectivity index (χ4v) is 2.60. The van der Waals surface area contributed by atoms with Crippen molar-refractivity contribution in [2.75, 3.05) is 0 Å². The van der Waals surface area contributed by atoms with Crippen molar-refractivity contribution in [3.63, 3.8) is 0 Å². The first-order valence-electron chi connectivity index (χ1n) is 5.78. The van der Waals surface area contributed by atoms with Crippen molar-refractivity contribution < 1.29 is 4.79 Å². The molecule has 1 nitrogen and oxygen atoms in total. The van der Waals surface area contributed by atoms with Gasteiger partial charge < -0.3 is 0 Å². The predicted octanol–water partition coefficient (Wildman–Crippen LogP) is 4.46. The van der Waals surface area contributed by atoms with Crippen LogP contribution in [0.3, 0.4) is 0 Å². The van der Waals surface area contributed by atoms with Gasteiger partial charge in [-0.15, -0.1) is 11.3 Å². The summed E-state index contributed by atoms with van der Waals surface area (Å²) >= 11 is 1.67. The second-order valence-electron chi connectivity index (χ2n) is 4.08. The van der Waals surface area contributed by atoms with Crippen LogP contribution < -0.4 is 0 Å². The lowest BCUT2D eigenvalue weighted by molar-refractivity contribution is 0.0905. The number of hydrogen-bond acceptors (Lipinski definition) is 2. The van der Waals surface area contributed by atoms with E-state index in [0.29, 0.717) is 5.78 Å². The summed E-state index contributed by atoms with van der Waals surface area (Å²) in [5, 5.41) is 2.00. The van der Waals surface area contributed by atoms with E-state index in [1.165, 1.54) is 4.88 Å². The van der Waals surface area contributed by atoms with Crippen LogP contribution in [0.2, 0.25) is 0 Å². The summed E-state index contributed by atoms with van der Waals surface area (Å²) in [7, 11) is 0. The molecule has 2 heteroatoms. The molecule has 15 heavy (non-hydrogen) atoms. The lowest BCUT2D eigenvalue weighted by atomic mass is 9.91. The Hall–Kier alpha value is -0.630. The van der Waals surface area contributed by atoms with Gasteiger partial charge in [0.05, 0.1) is 0 Å². The Kier molecular flexibility index (Phi) is 5.03. The molecule has 1 rings (SSSR count). The van der Waals surface area contributed by atoms with Gasteiger partial charge in [0.1, 0.15) is 0 Å². The molecule has 0 aliphatic rings. The summed E-state index contributed by atoms with van der Waals surface area (Å²) in [5.74, 6) is 0.594. The highest BCUT2D eigenvalue weighted by atomic mass is 32.1. The molecule has 84 valence electrons. The molecule has 0 radical (unpaired) electrons. The molecular formula is C13H20OS. The van der Waals surface area contributed by atoms with Crippen LogP contribution in [0.25, 0.3) is 0 Å². The van der Waals surface area contributed by atoms with Crippen molar-refractivity contribution in [1.82, 2.24) is 0 Å². The molecule has 1 aromatic heterocycles. The van der Waals surface area contributed by atoms with Gasteiger partial charge in [-0.3, -0.25) is 4.79 Å². The largest absolute Gasteiger partial charge is 0.294 e. The van der Waals surface area contributed by atoms with Crippen LogP contribution in [0.15, 0.2) is 11.4 Å². The Morgan fingerprint density at radius 2 is 1.93 bits per heavy atom. The number of aryl methyl sites for hydroxylation is 1. The van der Waals surface area contributed by atoms with Crippen molar-refractivity contribution in [2.45, 2.75) is 46.5 Å². The van der Waals surface area contributed by atoms with Gasteiger partial charge in [-0.2, -0.15) is 0 Å². The molecule has 0 N–H and O–H groups in total. The molecule has 0 aliphatic carbocycles. The fourth-order valence-electron chi connectivity index (χ4n) is 1.91. The lowest BCUT2D eigenvalue weighted by Crippen LogP contribution is -2.13. The summed E-state index contributed by atoms with van der Waals surface area (Å²) in [6.45, 7) is 6.35. The van der Waals surface area contributed by atoms with E-state index in [2.05, 4.69) is 20.8 Å². The van der Waals surface area contributed by atoms with Crippen molar-refractivity contribution in [3.8, 4) is 0 Å². The molecule has 0 amide bonds. The van der Waals surface area contributed by atoms with E-state index in [0.717, 1.165) is 31.2 Å². The number of thiophene rings is 1. The van der Waals surface area contributed by atoms with Crippen LogP contribution in [0.1, 0.15) is 54.8 Å². The maximum atomic E-state index is 12.1. The Morgan fingerprint density at radius 3 is 2.33 bits per heavy atom. The topological polar surface area (TPSA) is 17.1 Å². The van der Waals surface area contributed by atoms with E-state index in [4.69, 9.17) is 0 Å². The van der Waals surface area contributed by atoms with E-state index in [1.54, 1.807) is 11.3 Å². The Labute approximate surface area is 96.5 Å². The van der Waals surface area contributed by atoms with E-state index in [-0.39, 0.29) is 5.92 Å². The second-order valence-corrected chi connectivity index (χ2v) is 5.20. The first-order chi connectivity index (χ1) is 7.19.